The minimum Gasteiger partial charge on any atom is -0.497 e. The average Bonchev–Trinajstić information content (AvgIpc) is 3.06. The number of anilines is 1. The second kappa shape index (κ2) is 9.35. The van der Waals surface area contributed by atoms with Gasteiger partial charge in [0.15, 0.2) is 0 Å². The van der Waals surface area contributed by atoms with Crippen LogP contribution in [0.25, 0.3) is 0 Å². The van der Waals surface area contributed by atoms with Crippen LogP contribution >= 0.6 is 0 Å². The maximum absolute atomic E-state index is 13.0. The highest BCUT2D eigenvalue weighted by Crippen LogP contribution is 2.23. The van der Waals surface area contributed by atoms with Gasteiger partial charge < -0.3 is 19.3 Å². The number of hydrogen-bond donors (Lipinski definition) is 0. The van der Waals surface area contributed by atoms with Crippen LogP contribution in [0, 0.1) is 0 Å². The molecule has 0 spiro atoms. The number of carbonyl (C=O) groups excluding carboxylic acids is 1. The van der Waals surface area contributed by atoms with Crippen molar-refractivity contribution >= 4 is 11.6 Å². The molecule has 5 nitrogen and oxygen atoms in total. The van der Waals surface area contributed by atoms with Crippen molar-refractivity contribution in [2.24, 2.45) is 0 Å². The number of ether oxygens (including phenoxy) is 2. The van der Waals surface area contributed by atoms with Gasteiger partial charge in [-0.15, -0.1) is 0 Å². The molecular formula is C25H26N2O3. The Bertz CT molecular complexity index is 956. The third-order valence-electron chi connectivity index (χ3n) is 5.30. The molecule has 1 heterocycles. The molecule has 0 aromatic heterocycles. The first-order chi connectivity index (χ1) is 14.7. The van der Waals surface area contributed by atoms with Gasteiger partial charge >= 0.3 is 0 Å². The number of benzene rings is 3. The molecule has 1 aliphatic rings. The second-order valence-corrected chi connectivity index (χ2v) is 7.27. The monoisotopic (exact) mass is 402 g/mol. The molecule has 5 heteroatoms. The number of rotatable bonds is 5. The van der Waals surface area contributed by atoms with Crippen LogP contribution in [0.2, 0.25) is 0 Å². The van der Waals surface area contributed by atoms with Gasteiger partial charge in [0.05, 0.1) is 7.11 Å². The molecule has 0 atom stereocenters. The van der Waals surface area contributed by atoms with Crippen molar-refractivity contribution < 1.29 is 14.3 Å². The third-order valence-corrected chi connectivity index (χ3v) is 5.30. The molecule has 0 unspecified atom stereocenters. The van der Waals surface area contributed by atoms with E-state index in [1.165, 1.54) is 0 Å². The van der Waals surface area contributed by atoms with E-state index in [0.717, 1.165) is 49.0 Å². The van der Waals surface area contributed by atoms with Crippen LogP contribution in [0.1, 0.15) is 16.8 Å². The summed E-state index contributed by atoms with van der Waals surface area (Å²) < 4.78 is 11.1. The Morgan fingerprint density at radius 2 is 1.40 bits per heavy atom. The van der Waals surface area contributed by atoms with E-state index in [9.17, 15) is 4.79 Å². The van der Waals surface area contributed by atoms with Gasteiger partial charge in [0.1, 0.15) is 17.2 Å². The molecule has 0 aliphatic carbocycles. The summed E-state index contributed by atoms with van der Waals surface area (Å²) in [4.78, 5) is 17.3. The van der Waals surface area contributed by atoms with Crippen molar-refractivity contribution in [3.63, 3.8) is 0 Å². The molecule has 154 valence electrons. The number of carbonyl (C=O) groups is 1. The third kappa shape index (κ3) is 4.74. The maximum Gasteiger partial charge on any atom is 0.253 e. The molecular weight excluding hydrogens is 376 g/mol. The summed E-state index contributed by atoms with van der Waals surface area (Å²) in [6, 6.07) is 25.1. The van der Waals surface area contributed by atoms with Gasteiger partial charge in [-0.3, -0.25) is 4.79 Å². The lowest BCUT2D eigenvalue weighted by Crippen LogP contribution is -2.35. The van der Waals surface area contributed by atoms with Crippen molar-refractivity contribution in [3.05, 3.63) is 84.4 Å². The summed E-state index contributed by atoms with van der Waals surface area (Å²) >= 11 is 0. The van der Waals surface area contributed by atoms with E-state index in [1.807, 2.05) is 71.6 Å². The van der Waals surface area contributed by atoms with Crippen molar-refractivity contribution in [1.29, 1.82) is 0 Å². The molecule has 1 fully saturated rings. The van der Waals surface area contributed by atoms with Gasteiger partial charge in [-0.05, 0) is 67.1 Å². The van der Waals surface area contributed by atoms with Crippen molar-refractivity contribution in [1.82, 2.24) is 4.90 Å². The molecule has 4 rings (SSSR count). The van der Waals surface area contributed by atoms with Gasteiger partial charge in [-0.1, -0.05) is 18.2 Å². The smallest absolute Gasteiger partial charge is 0.253 e. The second-order valence-electron chi connectivity index (χ2n) is 7.27. The van der Waals surface area contributed by atoms with Gasteiger partial charge in [0.25, 0.3) is 5.91 Å². The largest absolute Gasteiger partial charge is 0.497 e. The highest BCUT2D eigenvalue weighted by Gasteiger charge is 2.20. The molecule has 0 bridgehead atoms. The topological polar surface area (TPSA) is 42.0 Å². The molecule has 0 saturated carbocycles. The van der Waals surface area contributed by atoms with Crippen LogP contribution in [-0.2, 0) is 0 Å². The minimum atomic E-state index is 0.0674. The average molecular weight is 402 g/mol. The Balaban J connectivity index is 1.37. The first-order valence-electron chi connectivity index (χ1n) is 10.2. The summed E-state index contributed by atoms with van der Waals surface area (Å²) in [7, 11) is 1.67. The summed E-state index contributed by atoms with van der Waals surface area (Å²) in [6.45, 7) is 3.20. The number of nitrogens with zero attached hydrogens (tertiary/aromatic N) is 2. The Morgan fingerprint density at radius 1 is 0.733 bits per heavy atom. The highest BCUT2D eigenvalue weighted by molar-refractivity contribution is 5.94. The van der Waals surface area contributed by atoms with E-state index in [0.29, 0.717) is 12.1 Å². The Labute approximate surface area is 177 Å². The lowest BCUT2D eigenvalue weighted by Gasteiger charge is -2.24. The van der Waals surface area contributed by atoms with Gasteiger partial charge in [-0.25, -0.2) is 0 Å². The standard InChI is InChI=1S/C25H26N2O3/c1-29-22-14-10-21(11-15-22)26-16-5-17-27(19-18-26)25(28)20-8-12-24(13-9-20)30-23-6-3-2-4-7-23/h2-4,6-15H,5,16-19H2,1H3. The maximum atomic E-state index is 13.0. The van der Waals surface area contributed by atoms with E-state index in [-0.39, 0.29) is 5.91 Å². The van der Waals surface area contributed by atoms with Crippen LogP contribution in [0.3, 0.4) is 0 Å². The van der Waals surface area contributed by atoms with E-state index in [2.05, 4.69) is 17.0 Å². The molecule has 30 heavy (non-hydrogen) atoms. The zero-order chi connectivity index (χ0) is 20.8. The SMILES string of the molecule is COc1ccc(N2CCCN(C(=O)c3ccc(Oc4ccccc4)cc3)CC2)cc1. The fourth-order valence-electron chi connectivity index (χ4n) is 3.64. The molecule has 3 aromatic carbocycles. The number of hydrogen-bond acceptors (Lipinski definition) is 4. The van der Waals surface area contributed by atoms with E-state index in [1.54, 1.807) is 7.11 Å². The lowest BCUT2D eigenvalue weighted by molar-refractivity contribution is 0.0767. The first-order valence-corrected chi connectivity index (χ1v) is 10.2. The lowest BCUT2D eigenvalue weighted by atomic mass is 10.2. The van der Waals surface area contributed by atoms with Crippen LogP contribution in [0.4, 0.5) is 5.69 Å². The quantitative estimate of drug-likeness (QED) is 0.612. The number of methoxy groups -OCH3 is 1. The van der Waals surface area contributed by atoms with Crippen LogP contribution < -0.4 is 14.4 Å². The van der Waals surface area contributed by atoms with Gasteiger partial charge in [0.2, 0.25) is 0 Å². The van der Waals surface area contributed by atoms with Crippen LogP contribution in [0.15, 0.2) is 78.9 Å². The van der Waals surface area contributed by atoms with Crippen molar-refractivity contribution in [3.8, 4) is 17.2 Å². The summed E-state index contributed by atoms with van der Waals surface area (Å²) in [5.74, 6) is 2.42. The van der Waals surface area contributed by atoms with Crippen molar-refractivity contribution in [2.75, 3.05) is 38.2 Å². The molecule has 1 aliphatic heterocycles. The van der Waals surface area contributed by atoms with Crippen LogP contribution in [0.5, 0.6) is 17.2 Å². The Hall–Kier alpha value is -3.47. The van der Waals surface area contributed by atoms with Gasteiger partial charge in [-0.2, -0.15) is 0 Å². The molecule has 0 N–H and O–H groups in total. The molecule has 1 amide bonds. The molecule has 3 aromatic rings. The fourth-order valence-corrected chi connectivity index (χ4v) is 3.64. The zero-order valence-corrected chi connectivity index (χ0v) is 17.2. The predicted octanol–water partition coefficient (Wildman–Crippen LogP) is 4.84. The summed E-state index contributed by atoms with van der Waals surface area (Å²) in [5.41, 5.74) is 1.85. The van der Waals surface area contributed by atoms with Crippen LogP contribution in [-0.4, -0.2) is 44.1 Å². The van der Waals surface area contributed by atoms with E-state index in [4.69, 9.17) is 9.47 Å². The van der Waals surface area contributed by atoms with Gasteiger partial charge in [0, 0.05) is 37.4 Å². The zero-order valence-electron chi connectivity index (χ0n) is 17.2. The number of para-hydroxylation sites is 1. The number of amides is 1. The molecule has 1 saturated heterocycles. The minimum absolute atomic E-state index is 0.0674. The van der Waals surface area contributed by atoms with Crippen molar-refractivity contribution in [2.45, 2.75) is 6.42 Å². The highest BCUT2D eigenvalue weighted by atomic mass is 16.5. The first kappa shape index (κ1) is 19.8. The predicted molar refractivity (Wildman–Crippen MR) is 119 cm³/mol. The Morgan fingerprint density at radius 3 is 2.10 bits per heavy atom. The Kier molecular flexibility index (Phi) is 6.18. The summed E-state index contributed by atoms with van der Waals surface area (Å²) in [5, 5.41) is 0. The van der Waals surface area contributed by atoms with E-state index >= 15 is 0 Å². The fraction of sp³-hybridized carbons (Fsp3) is 0.240. The normalized spacial score (nSPS) is 14.2. The molecule has 0 radical (unpaired) electrons. The van der Waals surface area contributed by atoms with E-state index < -0.39 is 0 Å². The summed E-state index contributed by atoms with van der Waals surface area (Å²) in [6.07, 6.45) is 0.937.